The largest absolute Gasteiger partial charge is 0.870 e. The maximum Gasteiger partial charge on any atom is 0.481 e. The number of hydrogen-bond donors (Lipinski definition) is 0. The Hall–Kier alpha value is -0.405. The van der Waals surface area contributed by atoms with Gasteiger partial charge in [-0.05, 0) is 0 Å². The van der Waals surface area contributed by atoms with Crippen LogP contribution in [0.3, 0.4) is 0 Å². The summed E-state index contributed by atoms with van der Waals surface area (Å²) in [5.41, 5.74) is 0. The first kappa shape index (κ1) is 10.6. The van der Waals surface area contributed by atoms with Crippen LogP contribution >= 0.6 is 0 Å². The van der Waals surface area contributed by atoms with Crippen molar-refractivity contribution in [2.24, 2.45) is 0 Å². The molecule has 0 aliphatic rings. The molecule has 0 aliphatic carbocycles. The van der Waals surface area contributed by atoms with E-state index >= 15 is 0 Å². The molecule has 0 fully saturated rings. The summed E-state index contributed by atoms with van der Waals surface area (Å²) in [7, 11) is -3.66. The topological polar surface area (TPSA) is 55.3 Å². The quantitative estimate of drug-likeness (QED) is 0.396. The lowest BCUT2D eigenvalue weighted by atomic mass is 10.2. The van der Waals surface area contributed by atoms with Crippen LogP contribution < -0.4 is 10.0 Å². The summed E-state index contributed by atoms with van der Waals surface area (Å²) in [5.74, 6) is 0. The van der Waals surface area contributed by atoms with Crippen LogP contribution in [0.2, 0.25) is 0 Å². The second-order valence-corrected chi connectivity index (χ2v) is 1.42. The highest BCUT2D eigenvalue weighted by molar-refractivity contribution is 6.28. The van der Waals surface area contributed by atoms with E-state index in [1.165, 1.54) is 0 Å². The Bertz CT molecular complexity index is 132. The van der Waals surface area contributed by atoms with Gasteiger partial charge in [0.05, 0.1) is 7.32 Å². The van der Waals surface area contributed by atoms with E-state index in [0.717, 1.165) is 0 Å². The van der Waals surface area contributed by atoms with Crippen LogP contribution in [0.25, 0.3) is 0 Å². The molecule has 0 aromatic rings. The van der Waals surface area contributed by atoms with E-state index in [4.69, 9.17) is 0 Å². The Labute approximate surface area is 57.6 Å². The summed E-state index contributed by atoms with van der Waals surface area (Å²) >= 11 is 0. The summed E-state index contributed by atoms with van der Waals surface area (Å²) in [6.07, 6.45) is -11.7. The Kier molecular flexibility index (Phi) is 2.81. The Balaban J connectivity index is 4.22. The maximum atomic E-state index is 11.4. The van der Waals surface area contributed by atoms with E-state index in [0.29, 0.717) is 0 Å². The molecule has 0 rings (SSSR count). The molecular weight excluding hydrogens is 178 g/mol. The zero-order valence-corrected chi connectivity index (χ0v) is 4.69. The number of alkyl halides is 5. The van der Waals surface area contributed by atoms with Crippen molar-refractivity contribution in [2.75, 3.05) is 0 Å². The average molecular weight is 178 g/mol. The molecule has 3 nitrogen and oxygen atoms in total. The molecular formula is C2BF5O3-2. The Morgan fingerprint density at radius 1 is 1.00 bits per heavy atom. The van der Waals surface area contributed by atoms with Crippen molar-refractivity contribution in [1.29, 1.82) is 0 Å². The van der Waals surface area contributed by atoms with Gasteiger partial charge in [-0.1, -0.05) is 0 Å². The van der Waals surface area contributed by atoms with Gasteiger partial charge in [-0.15, -0.1) is 0 Å². The molecule has 11 heavy (non-hydrogen) atoms. The van der Waals surface area contributed by atoms with E-state index in [1.54, 1.807) is 0 Å². The van der Waals surface area contributed by atoms with Crippen LogP contribution in [0, 0.1) is 0 Å². The third-order valence-electron chi connectivity index (χ3n) is 0.574. The molecule has 66 valence electrons. The van der Waals surface area contributed by atoms with E-state index in [2.05, 4.69) is 4.65 Å². The van der Waals surface area contributed by atoms with Crippen LogP contribution in [0.1, 0.15) is 0 Å². The van der Waals surface area contributed by atoms with Crippen LogP contribution in [0.15, 0.2) is 0 Å². The predicted octanol–water partition coefficient (Wildman–Crippen LogP) is -1.14. The zero-order chi connectivity index (χ0) is 9.28. The van der Waals surface area contributed by atoms with Gasteiger partial charge in [0.15, 0.2) is 0 Å². The van der Waals surface area contributed by atoms with Crippen molar-refractivity contribution >= 4 is 7.32 Å². The summed E-state index contributed by atoms with van der Waals surface area (Å²) in [6.45, 7) is 0. The molecule has 0 spiro atoms. The van der Waals surface area contributed by atoms with E-state index < -0.39 is 19.6 Å². The second-order valence-electron chi connectivity index (χ2n) is 1.42. The summed E-state index contributed by atoms with van der Waals surface area (Å²) in [6, 6.07) is 0. The van der Waals surface area contributed by atoms with Gasteiger partial charge in [-0.3, -0.25) is 0 Å². The van der Waals surface area contributed by atoms with Crippen molar-refractivity contribution in [3.05, 3.63) is 0 Å². The number of halogens is 5. The predicted molar refractivity (Wildman–Crippen MR) is 17.8 cm³/mol. The van der Waals surface area contributed by atoms with E-state index in [9.17, 15) is 32.0 Å². The highest BCUT2D eigenvalue weighted by Crippen LogP contribution is 2.35. The van der Waals surface area contributed by atoms with Crippen LogP contribution in [-0.2, 0) is 4.65 Å². The Morgan fingerprint density at radius 3 is 1.45 bits per heavy atom. The number of rotatable bonds is 2. The van der Waals surface area contributed by atoms with E-state index in [1.807, 2.05) is 0 Å². The van der Waals surface area contributed by atoms with Crippen molar-refractivity contribution in [3.8, 4) is 0 Å². The first-order chi connectivity index (χ1) is 4.67. The van der Waals surface area contributed by atoms with Gasteiger partial charge >= 0.3 is 12.3 Å². The fourth-order valence-corrected chi connectivity index (χ4v) is 0.188. The first-order valence-electron chi connectivity index (χ1n) is 2.11. The smallest absolute Gasteiger partial charge is 0.481 e. The Morgan fingerprint density at radius 2 is 1.36 bits per heavy atom. The molecule has 0 amide bonds. The minimum Gasteiger partial charge on any atom is -0.870 e. The third-order valence-corrected chi connectivity index (χ3v) is 0.574. The van der Waals surface area contributed by atoms with Crippen LogP contribution in [-0.4, -0.2) is 19.6 Å². The highest BCUT2D eigenvalue weighted by atomic mass is 19.4. The molecule has 0 unspecified atom stereocenters. The lowest BCUT2D eigenvalue weighted by Crippen LogP contribution is -2.55. The summed E-state index contributed by atoms with van der Waals surface area (Å²) < 4.78 is 58.2. The maximum absolute atomic E-state index is 11.4. The average Bonchev–Trinajstić information content (AvgIpc) is 1.56. The van der Waals surface area contributed by atoms with Crippen LogP contribution in [0.4, 0.5) is 22.0 Å². The van der Waals surface area contributed by atoms with Crippen molar-refractivity contribution in [3.63, 3.8) is 0 Å². The van der Waals surface area contributed by atoms with Crippen molar-refractivity contribution < 1.29 is 36.7 Å². The zero-order valence-electron chi connectivity index (χ0n) is 4.69. The summed E-state index contributed by atoms with van der Waals surface area (Å²) in [4.78, 5) is 0. The summed E-state index contributed by atoms with van der Waals surface area (Å²) in [5, 5.41) is 18.5. The molecule has 0 saturated carbocycles. The molecule has 0 aromatic heterocycles. The molecule has 0 bridgehead atoms. The molecule has 0 heterocycles. The van der Waals surface area contributed by atoms with Gasteiger partial charge in [0.25, 0.3) is 0 Å². The molecule has 0 atom stereocenters. The fraction of sp³-hybridized carbons (Fsp3) is 1.00. The van der Waals surface area contributed by atoms with E-state index in [-0.39, 0.29) is 0 Å². The van der Waals surface area contributed by atoms with Crippen LogP contribution in [0.5, 0.6) is 0 Å². The molecule has 9 heteroatoms. The number of hydrogen-bond acceptors (Lipinski definition) is 3. The molecule has 0 aliphatic heterocycles. The fourth-order valence-electron chi connectivity index (χ4n) is 0.188. The molecule has 0 radical (unpaired) electrons. The first-order valence-corrected chi connectivity index (χ1v) is 2.11. The third kappa shape index (κ3) is 2.99. The minimum atomic E-state index is -6.03. The van der Waals surface area contributed by atoms with Gasteiger partial charge < -0.3 is 14.7 Å². The normalized spacial score (nSPS) is 13.4. The van der Waals surface area contributed by atoms with Gasteiger partial charge in [-0.25, -0.2) is 0 Å². The van der Waals surface area contributed by atoms with Crippen molar-refractivity contribution in [2.45, 2.75) is 12.3 Å². The van der Waals surface area contributed by atoms with Crippen molar-refractivity contribution in [1.82, 2.24) is 0 Å². The lowest BCUT2D eigenvalue weighted by Gasteiger charge is -2.32. The standard InChI is InChI=1S/C2BF5O3/c4-1(5,6)2(7,8)11-3(9)10/q-2. The molecule has 0 aromatic carbocycles. The minimum absolute atomic E-state index is 2.23. The van der Waals surface area contributed by atoms with Gasteiger partial charge in [0.1, 0.15) is 0 Å². The SMILES string of the molecule is [O-]B([O-])OC(F)(F)C(F)(F)F. The second kappa shape index (κ2) is 2.91. The molecule has 0 saturated heterocycles. The monoisotopic (exact) mass is 178 g/mol. The van der Waals surface area contributed by atoms with Gasteiger partial charge in [0.2, 0.25) is 0 Å². The van der Waals surface area contributed by atoms with Gasteiger partial charge in [0, 0.05) is 0 Å². The lowest BCUT2D eigenvalue weighted by molar-refractivity contribution is -0.441. The highest BCUT2D eigenvalue weighted by Gasteiger charge is 2.58. The molecule has 0 N–H and O–H groups in total. The van der Waals surface area contributed by atoms with Gasteiger partial charge in [-0.2, -0.15) is 22.0 Å².